The number of aliphatic carboxylic acids is 2. The second kappa shape index (κ2) is 14.3. The van der Waals surface area contributed by atoms with Gasteiger partial charge in [0.25, 0.3) is 0 Å². The molecule has 0 rings (SSSR count). The number of quaternary nitrogens is 2. The molecule has 0 aliphatic rings. The van der Waals surface area contributed by atoms with E-state index in [0.717, 1.165) is 24.2 Å². The third-order valence-electron chi connectivity index (χ3n) is 1.71. The highest BCUT2D eigenvalue weighted by Crippen LogP contribution is 1.67. The van der Waals surface area contributed by atoms with Crippen molar-refractivity contribution in [2.75, 3.05) is 0 Å². The van der Waals surface area contributed by atoms with Gasteiger partial charge in [0.05, 0.1) is 36.1 Å². The molecule has 0 atom stereocenters. The van der Waals surface area contributed by atoms with Crippen LogP contribution in [0.25, 0.3) is 0 Å². The zero-order valence-corrected chi connectivity index (χ0v) is 14.1. The highest BCUT2D eigenvalue weighted by molar-refractivity contribution is 6.25. The minimum atomic E-state index is -2.19. The number of nitrogens with two attached hydrogens (primary N) is 2. The van der Waals surface area contributed by atoms with E-state index < -0.39 is 11.9 Å². The van der Waals surface area contributed by atoms with E-state index >= 15 is 0 Å². The molecule has 0 spiro atoms. The Morgan fingerprint density at radius 1 is 0.600 bits per heavy atom. The van der Waals surface area contributed by atoms with Crippen molar-refractivity contribution >= 4 is 11.9 Å². The minimum Gasteiger partial charge on any atom is -0.543 e. The molecular weight excluding hydrogens is 260 g/mol. The number of rotatable bonds is 4. The quantitative estimate of drug-likeness (QED) is 0.546. The largest absolute Gasteiger partial charge is 0.543 e. The molecule has 0 aliphatic heterocycles. The fraction of sp³-hybridized carbons (Fsp3) is 0.857. The van der Waals surface area contributed by atoms with Gasteiger partial charge in [-0.05, 0) is 55.4 Å². The van der Waals surface area contributed by atoms with Crippen LogP contribution in [0.3, 0.4) is 0 Å². The molecule has 20 heavy (non-hydrogen) atoms. The molecule has 6 heteroatoms. The highest BCUT2D eigenvalue weighted by Gasteiger charge is 1.97. The molecule has 0 aromatic carbocycles. The van der Waals surface area contributed by atoms with Crippen molar-refractivity contribution in [3.8, 4) is 0 Å². The Kier molecular flexibility index (Phi) is 17.1. The molecule has 6 nitrogen and oxygen atoms in total. The summed E-state index contributed by atoms with van der Waals surface area (Å²) in [5, 5.41) is 22.5. The van der Waals surface area contributed by atoms with Crippen LogP contribution in [0.5, 0.6) is 0 Å². The van der Waals surface area contributed by atoms with Crippen molar-refractivity contribution in [1.82, 2.24) is 0 Å². The van der Waals surface area contributed by atoms with Gasteiger partial charge in [0.1, 0.15) is 0 Å². The molecular formula is C14H32N2O4. The number of hydrogen-bond acceptors (Lipinski definition) is 4. The molecule has 0 aromatic rings. The van der Waals surface area contributed by atoms with Crippen LogP contribution in [-0.2, 0) is 9.59 Å². The predicted molar refractivity (Wildman–Crippen MR) is 74.4 cm³/mol. The van der Waals surface area contributed by atoms with E-state index in [9.17, 15) is 0 Å². The Hall–Kier alpha value is -1.14. The summed E-state index contributed by atoms with van der Waals surface area (Å²) >= 11 is 0. The molecule has 0 heterocycles. The maximum atomic E-state index is 8.93. The second-order valence-corrected chi connectivity index (χ2v) is 5.94. The summed E-state index contributed by atoms with van der Waals surface area (Å²) in [5.41, 5.74) is 0. The van der Waals surface area contributed by atoms with Crippen LogP contribution < -0.4 is 20.8 Å². The molecule has 0 fully saturated rings. The van der Waals surface area contributed by atoms with Gasteiger partial charge >= 0.3 is 0 Å². The van der Waals surface area contributed by atoms with Gasteiger partial charge in [-0.1, -0.05) is 0 Å². The molecule has 0 saturated carbocycles. The van der Waals surface area contributed by atoms with Gasteiger partial charge in [-0.25, -0.2) is 0 Å². The van der Waals surface area contributed by atoms with Crippen LogP contribution >= 0.6 is 0 Å². The smallest absolute Gasteiger partial charge is 0.0870 e. The maximum Gasteiger partial charge on any atom is 0.0870 e. The Balaban J connectivity index is -0.000000218. The van der Waals surface area contributed by atoms with Crippen molar-refractivity contribution in [1.29, 1.82) is 0 Å². The van der Waals surface area contributed by atoms with Crippen molar-refractivity contribution in [3.63, 3.8) is 0 Å². The fourth-order valence-electron chi connectivity index (χ4n) is 1.54. The zero-order chi connectivity index (χ0) is 16.9. The van der Waals surface area contributed by atoms with Crippen molar-refractivity contribution in [2.24, 2.45) is 0 Å². The van der Waals surface area contributed by atoms with Crippen LogP contribution in [0.1, 0.15) is 55.4 Å². The topological polar surface area (TPSA) is 113 Å². The first-order valence-corrected chi connectivity index (χ1v) is 7.02. The summed E-state index contributed by atoms with van der Waals surface area (Å²) in [6.07, 6.45) is 0. The van der Waals surface area contributed by atoms with E-state index in [0.29, 0.717) is 0 Å². The van der Waals surface area contributed by atoms with Gasteiger partial charge in [0.15, 0.2) is 0 Å². The van der Waals surface area contributed by atoms with E-state index in [4.69, 9.17) is 19.8 Å². The van der Waals surface area contributed by atoms with Gasteiger partial charge in [-0.3, -0.25) is 0 Å². The normalized spacial score (nSPS) is 10.0. The average Bonchev–Trinajstić information content (AvgIpc) is 2.13. The molecule has 0 unspecified atom stereocenters. The maximum absolute atomic E-state index is 8.93. The first kappa shape index (κ1) is 23.9. The van der Waals surface area contributed by atoms with Crippen molar-refractivity contribution in [2.45, 2.75) is 79.6 Å². The predicted octanol–water partition coefficient (Wildman–Crippen LogP) is -2.78. The summed E-state index contributed by atoms with van der Waals surface area (Å²) in [5.74, 6) is -4.37. The molecule has 0 amide bonds. The molecule has 4 N–H and O–H groups in total. The lowest BCUT2D eigenvalue weighted by atomic mass is 10.3. The summed E-state index contributed by atoms with van der Waals surface area (Å²) < 4.78 is 0. The van der Waals surface area contributed by atoms with E-state index in [1.54, 1.807) is 0 Å². The summed E-state index contributed by atoms with van der Waals surface area (Å²) in [4.78, 5) is 17.9. The number of hydrogen-bond donors (Lipinski definition) is 2. The minimum absolute atomic E-state index is 0.750. The van der Waals surface area contributed by atoms with Crippen LogP contribution in [-0.4, -0.2) is 36.1 Å². The van der Waals surface area contributed by atoms with Gasteiger partial charge in [-0.15, -0.1) is 0 Å². The average molecular weight is 292 g/mol. The van der Waals surface area contributed by atoms with Crippen LogP contribution in [0.2, 0.25) is 0 Å². The number of carboxylic acid groups (broad SMARTS) is 2. The van der Waals surface area contributed by atoms with Crippen molar-refractivity contribution < 1.29 is 30.4 Å². The standard InChI is InChI=1S/2C6H15N.C2H2O4/c2*1-5(2)7-6(3)4;3-1(4)2(5)6/h2*5-7H,1-4H3;(H,3,4)(H,5,6). The van der Waals surface area contributed by atoms with E-state index in [-0.39, 0.29) is 0 Å². The second-order valence-electron chi connectivity index (χ2n) is 5.94. The lowest BCUT2D eigenvalue weighted by molar-refractivity contribution is -0.709. The molecule has 0 radical (unpaired) electrons. The summed E-state index contributed by atoms with van der Waals surface area (Å²) in [6, 6.07) is 3.00. The molecule has 0 aromatic heterocycles. The van der Waals surface area contributed by atoms with Gasteiger partial charge in [0, 0.05) is 0 Å². The van der Waals surface area contributed by atoms with Crippen LogP contribution in [0.4, 0.5) is 0 Å². The highest BCUT2D eigenvalue weighted by atomic mass is 16.4. The SMILES string of the molecule is CC(C)[NH2+]C(C)C.CC(C)[NH2+]C(C)C.O=C([O-])C(=O)[O-]. The third-order valence-corrected chi connectivity index (χ3v) is 1.71. The van der Waals surface area contributed by atoms with E-state index in [2.05, 4.69) is 66.0 Å². The first-order valence-electron chi connectivity index (χ1n) is 7.02. The Bertz CT molecular complexity index is 214. The summed E-state index contributed by atoms with van der Waals surface area (Å²) in [7, 11) is 0. The Morgan fingerprint density at radius 3 is 0.750 bits per heavy atom. The van der Waals surface area contributed by atoms with E-state index in [1.807, 2.05) is 0 Å². The van der Waals surface area contributed by atoms with Gasteiger partial charge < -0.3 is 30.4 Å². The molecule has 0 aliphatic carbocycles. The van der Waals surface area contributed by atoms with E-state index in [1.165, 1.54) is 0 Å². The zero-order valence-electron chi connectivity index (χ0n) is 14.1. The Morgan fingerprint density at radius 2 is 0.750 bits per heavy atom. The van der Waals surface area contributed by atoms with Gasteiger partial charge in [0.2, 0.25) is 0 Å². The molecule has 0 bridgehead atoms. The lowest BCUT2D eigenvalue weighted by Crippen LogP contribution is -2.92. The van der Waals surface area contributed by atoms with Crippen LogP contribution in [0, 0.1) is 0 Å². The number of carboxylic acids is 2. The van der Waals surface area contributed by atoms with Crippen molar-refractivity contribution in [3.05, 3.63) is 0 Å². The monoisotopic (exact) mass is 292 g/mol. The van der Waals surface area contributed by atoms with Crippen LogP contribution in [0.15, 0.2) is 0 Å². The first-order chi connectivity index (χ1) is 8.89. The summed E-state index contributed by atoms with van der Waals surface area (Å²) in [6.45, 7) is 17.7. The lowest BCUT2D eigenvalue weighted by Gasteiger charge is -2.06. The number of carbonyl (C=O) groups is 2. The molecule has 122 valence electrons. The fourth-order valence-corrected chi connectivity index (χ4v) is 1.54. The Labute approximate surface area is 123 Å². The molecule has 0 saturated heterocycles. The third kappa shape index (κ3) is 36.0. The number of carbonyl (C=O) groups excluding carboxylic acids is 2. The van der Waals surface area contributed by atoms with Gasteiger partial charge in [-0.2, -0.15) is 0 Å².